The summed E-state index contributed by atoms with van der Waals surface area (Å²) in [5.74, 6) is 1.66. The Morgan fingerprint density at radius 1 is 1.33 bits per heavy atom. The SMILES string of the molecule is C[C@@H]1CCCC[C@H]1NC(=O)CSC[C@H](O)c1ccccc1. The van der Waals surface area contributed by atoms with Gasteiger partial charge in [-0.3, -0.25) is 4.79 Å². The number of nitrogens with one attached hydrogen (secondary N) is 1. The van der Waals surface area contributed by atoms with Crippen molar-refractivity contribution in [3.8, 4) is 0 Å². The monoisotopic (exact) mass is 307 g/mol. The van der Waals surface area contributed by atoms with Gasteiger partial charge in [-0.2, -0.15) is 0 Å². The van der Waals surface area contributed by atoms with Gasteiger partial charge in [-0.05, 0) is 24.3 Å². The minimum absolute atomic E-state index is 0.0963. The van der Waals surface area contributed by atoms with Crippen LogP contribution in [0.2, 0.25) is 0 Å². The number of hydrogen-bond donors (Lipinski definition) is 2. The molecule has 0 bridgehead atoms. The number of hydrogen-bond acceptors (Lipinski definition) is 3. The molecule has 1 aliphatic carbocycles. The normalized spacial score (nSPS) is 23.5. The van der Waals surface area contributed by atoms with E-state index in [1.54, 1.807) is 0 Å². The van der Waals surface area contributed by atoms with Crippen LogP contribution in [0.25, 0.3) is 0 Å². The van der Waals surface area contributed by atoms with Gasteiger partial charge in [0.2, 0.25) is 5.91 Å². The molecule has 1 amide bonds. The molecule has 1 aliphatic rings. The number of aliphatic hydroxyl groups is 1. The fourth-order valence-corrected chi connectivity index (χ4v) is 3.62. The average Bonchev–Trinajstić information content (AvgIpc) is 2.50. The number of aliphatic hydroxyl groups excluding tert-OH is 1. The van der Waals surface area contributed by atoms with E-state index in [-0.39, 0.29) is 5.91 Å². The second-order valence-corrected chi connectivity index (χ2v) is 6.91. The van der Waals surface area contributed by atoms with Gasteiger partial charge in [0.1, 0.15) is 0 Å². The molecular formula is C17H25NO2S. The van der Waals surface area contributed by atoms with E-state index >= 15 is 0 Å². The summed E-state index contributed by atoms with van der Waals surface area (Å²) in [6.07, 6.45) is 4.31. The predicted molar refractivity (Wildman–Crippen MR) is 88.3 cm³/mol. The van der Waals surface area contributed by atoms with Crippen LogP contribution in [0.1, 0.15) is 44.3 Å². The van der Waals surface area contributed by atoms with Crippen LogP contribution in [-0.2, 0) is 4.79 Å². The summed E-state index contributed by atoms with van der Waals surface area (Å²) in [6.45, 7) is 2.22. The van der Waals surface area contributed by atoms with Crippen molar-refractivity contribution in [3.63, 3.8) is 0 Å². The Morgan fingerprint density at radius 3 is 2.76 bits per heavy atom. The van der Waals surface area contributed by atoms with Crippen LogP contribution in [0.5, 0.6) is 0 Å². The topological polar surface area (TPSA) is 49.3 Å². The number of rotatable bonds is 6. The lowest BCUT2D eigenvalue weighted by Gasteiger charge is -2.29. The van der Waals surface area contributed by atoms with Crippen molar-refractivity contribution in [1.29, 1.82) is 0 Å². The molecule has 0 aliphatic heterocycles. The Labute approximate surface area is 131 Å². The molecule has 0 spiro atoms. The molecule has 0 saturated heterocycles. The molecule has 1 fully saturated rings. The highest BCUT2D eigenvalue weighted by Gasteiger charge is 2.22. The maximum Gasteiger partial charge on any atom is 0.230 e. The maximum absolute atomic E-state index is 12.0. The van der Waals surface area contributed by atoms with Crippen LogP contribution < -0.4 is 5.32 Å². The molecule has 3 nitrogen and oxygen atoms in total. The van der Waals surface area contributed by atoms with Gasteiger partial charge in [-0.25, -0.2) is 0 Å². The molecule has 0 radical (unpaired) electrons. The van der Waals surface area contributed by atoms with E-state index in [2.05, 4.69) is 12.2 Å². The zero-order valence-corrected chi connectivity index (χ0v) is 13.4. The zero-order valence-electron chi connectivity index (χ0n) is 12.6. The first-order chi connectivity index (χ1) is 10.2. The molecule has 1 aromatic rings. The predicted octanol–water partition coefficient (Wildman–Crippen LogP) is 3.15. The molecule has 1 aromatic carbocycles. The van der Waals surface area contributed by atoms with Crippen molar-refractivity contribution >= 4 is 17.7 Å². The smallest absolute Gasteiger partial charge is 0.230 e. The van der Waals surface area contributed by atoms with Crippen molar-refractivity contribution in [2.75, 3.05) is 11.5 Å². The molecule has 4 heteroatoms. The summed E-state index contributed by atoms with van der Waals surface area (Å²) in [7, 11) is 0. The highest BCUT2D eigenvalue weighted by atomic mass is 32.2. The molecule has 2 rings (SSSR count). The lowest BCUT2D eigenvalue weighted by molar-refractivity contribution is -0.119. The largest absolute Gasteiger partial charge is 0.388 e. The molecular weight excluding hydrogens is 282 g/mol. The fourth-order valence-electron chi connectivity index (χ4n) is 2.81. The maximum atomic E-state index is 12.0. The minimum Gasteiger partial charge on any atom is -0.388 e. The summed E-state index contributed by atoms with van der Waals surface area (Å²) >= 11 is 1.49. The number of amides is 1. The van der Waals surface area contributed by atoms with E-state index in [0.29, 0.717) is 23.5 Å². The third-order valence-corrected chi connectivity index (χ3v) is 5.17. The van der Waals surface area contributed by atoms with Gasteiger partial charge in [0.25, 0.3) is 0 Å². The third-order valence-electron chi connectivity index (χ3n) is 4.15. The van der Waals surface area contributed by atoms with Gasteiger partial charge < -0.3 is 10.4 Å². The summed E-state index contributed by atoms with van der Waals surface area (Å²) in [5, 5.41) is 13.2. The number of benzene rings is 1. The second kappa shape index (κ2) is 8.44. The highest BCUT2D eigenvalue weighted by molar-refractivity contribution is 7.99. The summed E-state index contributed by atoms with van der Waals surface area (Å²) in [4.78, 5) is 12.0. The minimum atomic E-state index is -0.502. The first-order valence-corrected chi connectivity index (χ1v) is 8.92. The van der Waals surface area contributed by atoms with Crippen LogP contribution in [0.4, 0.5) is 0 Å². The van der Waals surface area contributed by atoms with E-state index in [1.165, 1.54) is 31.0 Å². The zero-order chi connectivity index (χ0) is 15.1. The van der Waals surface area contributed by atoms with Crippen molar-refractivity contribution in [3.05, 3.63) is 35.9 Å². The molecule has 0 unspecified atom stereocenters. The lowest BCUT2D eigenvalue weighted by atomic mass is 9.86. The van der Waals surface area contributed by atoms with Crippen LogP contribution >= 0.6 is 11.8 Å². The Kier molecular flexibility index (Phi) is 6.58. The first-order valence-electron chi connectivity index (χ1n) is 7.77. The molecule has 1 saturated carbocycles. The standard InChI is InChI=1S/C17H25NO2S/c1-13-7-5-6-10-15(13)18-17(20)12-21-11-16(19)14-8-3-2-4-9-14/h2-4,8-9,13,15-16,19H,5-7,10-12H2,1H3,(H,18,20)/t13-,15-,16+/m1/s1. The van der Waals surface area contributed by atoms with Gasteiger partial charge in [0, 0.05) is 11.8 Å². The van der Waals surface area contributed by atoms with Crippen molar-refractivity contribution in [2.24, 2.45) is 5.92 Å². The summed E-state index contributed by atoms with van der Waals surface area (Å²) < 4.78 is 0. The molecule has 116 valence electrons. The van der Waals surface area contributed by atoms with Gasteiger partial charge >= 0.3 is 0 Å². The van der Waals surface area contributed by atoms with E-state index < -0.39 is 6.10 Å². The van der Waals surface area contributed by atoms with Gasteiger partial charge in [0.05, 0.1) is 11.9 Å². The van der Waals surface area contributed by atoms with Crippen LogP contribution in [0, 0.1) is 5.92 Å². The third kappa shape index (κ3) is 5.36. The molecule has 3 atom stereocenters. The van der Waals surface area contributed by atoms with Crippen molar-refractivity contribution in [2.45, 2.75) is 44.8 Å². The van der Waals surface area contributed by atoms with Crippen LogP contribution in [0.15, 0.2) is 30.3 Å². The molecule has 2 N–H and O–H groups in total. The Hall–Kier alpha value is -1.00. The Morgan fingerprint density at radius 2 is 2.05 bits per heavy atom. The van der Waals surface area contributed by atoms with Gasteiger partial charge in [-0.1, -0.05) is 50.1 Å². The quantitative estimate of drug-likeness (QED) is 0.849. The Bertz CT molecular complexity index is 438. The highest BCUT2D eigenvalue weighted by Crippen LogP contribution is 2.24. The Balaban J connectivity index is 1.67. The lowest BCUT2D eigenvalue weighted by Crippen LogP contribution is -2.41. The summed E-state index contributed by atoms with van der Waals surface area (Å²) in [5.41, 5.74) is 0.909. The average molecular weight is 307 g/mol. The van der Waals surface area contributed by atoms with E-state index in [4.69, 9.17) is 0 Å². The molecule has 0 aromatic heterocycles. The molecule has 21 heavy (non-hydrogen) atoms. The van der Waals surface area contributed by atoms with Crippen LogP contribution in [0.3, 0.4) is 0 Å². The number of carbonyl (C=O) groups excluding carboxylic acids is 1. The van der Waals surface area contributed by atoms with Gasteiger partial charge in [0.15, 0.2) is 0 Å². The first kappa shape index (κ1) is 16.4. The fraction of sp³-hybridized carbons (Fsp3) is 0.588. The molecule has 0 heterocycles. The van der Waals surface area contributed by atoms with Crippen molar-refractivity contribution < 1.29 is 9.90 Å². The van der Waals surface area contributed by atoms with E-state index in [0.717, 1.165) is 12.0 Å². The number of thioether (sulfide) groups is 1. The van der Waals surface area contributed by atoms with Crippen molar-refractivity contribution in [1.82, 2.24) is 5.32 Å². The van der Waals surface area contributed by atoms with E-state index in [1.807, 2.05) is 30.3 Å². The number of carbonyl (C=O) groups is 1. The van der Waals surface area contributed by atoms with Gasteiger partial charge in [-0.15, -0.1) is 11.8 Å². The second-order valence-electron chi connectivity index (χ2n) is 5.88. The van der Waals surface area contributed by atoms with E-state index in [9.17, 15) is 9.90 Å². The summed E-state index contributed by atoms with van der Waals surface area (Å²) in [6, 6.07) is 9.93. The van der Waals surface area contributed by atoms with Crippen LogP contribution in [-0.4, -0.2) is 28.6 Å².